The fourth-order valence-corrected chi connectivity index (χ4v) is 16.0. The number of ether oxygens (including phenoxy) is 3. The zero-order chi connectivity index (χ0) is 61.3. The number of hydrogen-bond donors (Lipinski definition) is 2. The Kier molecular flexibility index (Phi) is 16.6. The molecule has 6 atom stereocenters. The van der Waals surface area contributed by atoms with Gasteiger partial charge in [0.15, 0.2) is 0 Å². The molecule has 10 heterocycles. The van der Waals surface area contributed by atoms with Crippen molar-refractivity contribution in [2.75, 3.05) is 91.2 Å². The highest BCUT2D eigenvalue weighted by Gasteiger charge is 2.55. The monoisotopic (exact) mass is 1220 g/mol. The number of hydrazine groups is 1. The first-order valence-corrected chi connectivity index (χ1v) is 32.8. The van der Waals surface area contributed by atoms with Gasteiger partial charge >= 0.3 is 12.0 Å². The largest absolute Gasteiger partial charge is 0.464 e. The van der Waals surface area contributed by atoms with Crippen LogP contribution in [0, 0.1) is 22.6 Å². The number of esters is 1. The van der Waals surface area contributed by atoms with E-state index in [9.17, 15) is 9.59 Å². The second kappa shape index (κ2) is 24.3. The Labute approximate surface area is 519 Å². The first-order valence-electron chi connectivity index (χ1n) is 32.0. The fraction of sp³-hybridized carbons (Fsp3) is 0.567. The van der Waals surface area contributed by atoms with Crippen LogP contribution in [0.2, 0.25) is 0 Å². The minimum Gasteiger partial charge on any atom is -0.464 e. The number of carbonyl (C=O) groups is 4. The number of aryl methyl sites for hydroxylation is 1. The van der Waals surface area contributed by atoms with E-state index in [2.05, 4.69) is 92.3 Å². The molecule has 6 bridgehead atoms. The molecule has 1 spiro atoms. The Morgan fingerprint density at radius 2 is 1.72 bits per heavy atom. The molecule has 7 aliphatic rings. The predicted octanol–water partition coefficient (Wildman–Crippen LogP) is 8.79. The number of likely N-dealkylation sites (N-methyl/N-ethyl adjacent to an activating group) is 1. The lowest BCUT2D eigenvalue weighted by molar-refractivity contribution is -0.202. The Morgan fingerprint density at radius 3 is 2.44 bits per heavy atom. The maximum atomic E-state index is 15.8. The van der Waals surface area contributed by atoms with Crippen LogP contribution in [0.3, 0.4) is 0 Å². The first kappa shape index (κ1) is 60.3. The highest BCUT2D eigenvalue weighted by atomic mass is 32.1. The van der Waals surface area contributed by atoms with E-state index in [4.69, 9.17) is 24.2 Å². The average molecular weight is 1220 g/mol. The molecular weight excluding hydrogens is 1140 g/mol. The molecule has 1 aliphatic carbocycles. The van der Waals surface area contributed by atoms with E-state index in [1.54, 1.807) is 25.3 Å². The molecule has 19 nitrogen and oxygen atoms in total. The maximum absolute atomic E-state index is 15.8. The van der Waals surface area contributed by atoms with E-state index in [0.29, 0.717) is 82.0 Å². The van der Waals surface area contributed by atoms with Crippen molar-refractivity contribution in [3.63, 3.8) is 0 Å². The average Bonchev–Trinajstić information content (AvgIpc) is 1.33. The van der Waals surface area contributed by atoms with Crippen LogP contribution in [0.25, 0.3) is 44.3 Å². The molecule has 21 heteroatoms. The molecule has 13 rings (SSSR count). The number of rotatable bonds is 13. The second-order valence-electron chi connectivity index (χ2n) is 27.1. The predicted molar refractivity (Wildman–Crippen MR) is 337 cm³/mol. The summed E-state index contributed by atoms with van der Waals surface area (Å²) in [6.07, 6.45) is 9.32. The smallest absolute Gasteiger partial charge is 0.324 e. The van der Waals surface area contributed by atoms with Crippen molar-refractivity contribution >= 4 is 62.6 Å². The van der Waals surface area contributed by atoms with Crippen molar-refractivity contribution in [2.24, 2.45) is 16.7 Å². The van der Waals surface area contributed by atoms with Crippen LogP contribution < -0.4 is 15.6 Å². The summed E-state index contributed by atoms with van der Waals surface area (Å²) in [6.45, 7) is 20.2. The minimum absolute atomic E-state index is 0.0873. The molecule has 5 saturated heterocycles. The highest BCUT2D eigenvalue weighted by Crippen LogP contribution is 2.47. The molecule has 4 aromatic heterocycles. The number of thiazole rings is 1. The SMILES string of the molecule is CCn1c(-c2cc(N3CCN(C4CC4)CC3)cnc2[C@H](C)OC)c2c3cc(ccc31)-c1csc(n1)[C@@H](N1CC3(COC3)C1)[C@H](NC(=O)[C@H](C(C)C)N(C)C(=O)N1CCC[C@H]1Cc1cc(F)cc3ncccc13)C(=O)N1CCC[C@H](N1)C(=O)OCC(C)(C)C2. The van der Waals surface area contributed by atoms with Gasteiger partial charge < -0.3 is 38.8 Å². The number of halogens is 1. The quantitative estimate of drug-likeness (QED) is 0.105. The van der Waals surface area contributed by atoms with Crippen LogP contribution in [-0.2, 0) is 48.0 Å². The number of hydrogen-bond acceptors (Lipinski definition) is 15. The van der Waals surface area contributed by atoms with Crippen molar-refractivity contribution < 1.29 is 37.8 Å². The summed E-state index contributed by atoms with van der Waals surface area (Å²) >= 11 is 1.46. The highest BCUT2D eigenvalue weighted by molar-refractivity contribution is 7.10. The van der Waals surface area contributed by atoms with Crippen LogP contribution >= 0.6 is 11.3 Å². The van der Waals surface area contributed by atoms with E-state index in [0.717, 1.165) is 100.0 Å². The molecule has 6 fully saturated rings. The molecule has 0 radical (unpaired) electrons. The molecule has 468 valence electrons. The lowest BCUT2D eigenvalue weighted by atomic mass is 9.76. The van der Waals surface area contributed by atoms with Gasteiger partial charge in [-0.15, -0.1) is 11.3 Å². The van der Waals surface area contributed by atoms with Gasteiger partial charge in [-0.05, 0) is 113 Å². The summed E-state index contributed by atoms with van der Waals surface area (Å²) in [7, 11) is 3.39. The number of carbonyl (C=O) groups excluding carboxylic acids is 4. The van der Waals surface area contributed by atoms with Gasteiger partial charge in [0.05, 0.1) is 66.4 Å². The third-order valence-corrected chi connectivity index (χ3v) is 20.7. The molecule has 2 N–H and O–H groups in total. The number of aromatic nitrogens is 4. The summed E-state index contributed by atoms with van der Waals surface area (Å²) in [5.41, 5.74) is 11.8. The number of likely N-dealkylation sites (tertiary alicyclic amines) is 2. The molecule has 4 amide bonds. The van der Waals surface area contributed by atoms with E-state index in [1.165, 1.54) is 46.2 Å². The Bertz CT molecular complexity index is 3620. The van der Waals surface area contributed by atoms with Crippen molar-refractivity contribution in [2.45, 2.75) is 142 Å². The summed E-state index contributed by atoms with van der Waals surface area (Å²) in [5.74, 6) is -2.14. The Balaban J connectivity index is 0.878. The fourth-order valence-electron chi connectivity index (χ4n) is 15.0. The van der Waals surface area contributed by atoms with Crippen molar-refractivity contribution in [3.8, 4) is 22.5 Å². The van der Waals surface area contributed by atoms with Crippen molar-refractivity contribution in [1.82, 2.24) is 54.9 Å². The standard InChI is InChI=1S/C67H85FN12O7S/c1-9-78-55-19-16-42-29-49(55)51(59(78)50-31-47(33-70-56(50)41(4)85-8)76-25-23-75(24-26-76)45-17-18-45)32-66(5,6)37-87-64(83)52-15-12-22-80(73-52)63(82)57(60(62-71-54(42)34-88-62)77-35-67(36-77)38-86-39-67)72-61(81)58(40(2)3)74(7)65(84)79-21-11-13-46(79)28-43-27-44(68)30-53-48(43)14-10-20-69-53/h10,14,16,19-20,27,29-31,33-34,40-41,45-46,52,57-58,60,73H,9,11-13,15,17-18,21-26,28,32,35-39H2,1-8H3,(H,72,81)/t41-,46-,52-,57-,58-,60-/m0/s1. The number of nitrogens with one attached hydrogen (secondary N) is 2. The van der Waals surface area contributed by atoms with Gasteiger partial charge in [-0.2, -0.15) is 0 Å². The summed E-state index contributed by atoms with van der Waals surface area (Å²) in [5, 5.41) is 9.37. The molecule has 1 saturated carbocycles. The van der Waals surface area contributed by atoms with E-state index >= 15 is 14.0 Å². The van der Waals surface area contributed by atoms with E-state index in [1.807, 2.05) is 32.2 Å². The zero-order valence-electron chi connectivity index (χ0n) is 52.2. The van der Waals surface area contributed by atoms with Gasteiger partial charge in [-0.1, -0.05) is 39.8 Å². The third kappa shape index (κ3) is 11.6. The molecule has 88 heavy (non-hydrogen) atoms. The normalized spacial score (nSPS) is 24.1. The van der Waals surface area contributed by atoms with Crippen LogP contribution in [0.1, 0.15) is 114 Å². The minimum atomic E-state index is -1.21. The number of urea groups is 1. The number of anilines is 1. The molecule has 0 unspecified atom stereocenters. The van der Waals surface area contributed by atoms with Gasteiger partial charge in [0.25, 0.3) is 5.91 Å². The summed E-state index contributed by atoms with van der Waals surface area (Å²) in [4.78, 5) is 86.6. The van der Waals surface area contributed by atoms with Gasteiger partial charge in [0, 0.05) is 141 Å². The van der Waals surface area contributed by atoms with Crippen LogP contribution in [0.4, 0.5) is 14.9 Å². The molecule has 2 aromatic carbocycles. The second-order valence-corrected chi connectivity index (χ2v) is 28.0. The number of nitrogens with zero attached hydrogens (tertiary/aromatic N) is 10. The van der Waals surface area contributed by atoms with Crippen LogP contribution in [-0.4, -0.2) is 184 Å². The van der Waals surface area contributed by atoms with Gasteiger partial charge in [0.1, 0.15) is 29.0 Å². The lowest BCUT2D eigenvalue weighted by Crippen LogP contribution is -2.70. The van der Waals surface area contributed by atoms with Crippen molar-refractivity contribution in [1.29, 1.82) is 0 Å². The topological polar surface area (TPSA) is 183 Å². The van der Waals surface area contributed by atoms with Crippen LogP contribution in [0.15, 0.2) is 66.3 Å². The number of piperazine rings is 1. The molecule has 6 aromatic rings. The lowest BCUT2D eigenvalue weighted by Gasteiger charge is -2.58. The van der Waals surface area contributed by atoms with Crippen LogP contribution in [0.5, 0.6) is 0 Å². The zero-order valence-corrected chi connectivity index (χ0v) is 53.0. The number of pyridine rings is 2. The van der Waals surface area contributed by atoms with Gasteiger partial charge in [0.2, 0.25) is 5.91 Å². The third-order valence-electron chi connectivity index (χ3n) is 19.8. The Morgan fingerprint density at radius 1 is 0.932 bits per heavy atom. The number of benzene rings is 2. The number of amides is 4. The Hall–Kier alpha value is -6.62. The molecular formula is C67H85FN12O7S. The van der Waals surface area contributed by atoms with Gasteiger partial charge in [-0.25, -0.2) is 19.6 Å². The van der Waals surface area contributed by atoms with Crippen molar-refractivity contribution in [3.05, 3.63) is 94.0 Å². The van der Waals surface area contributed by atoms with Gasteiger partial charge in [-0.3, -0.25) is 39.2 Å². The number of fused-ring (bicyclic) bond motifs is 7. The summed E-state index contributed by atoms with van der Waals surface area (Å²) in [6, 6.07) is 11.9. The first-order chi connectivity index (χ1) is 42.4. The van der Waals surface area contributed by atoms with E-state index < -0.39 is 47.4 Å². The molecule has 6 aliphatic heterocycles. The number of cyclic esters (lactones) is 1. The van der Waals surface area contributed by atoms with E-state index in [-0.39, 0.29) is 48.5 Å². The maximum Gasteiger partial charge on any atom is 0.324 e. The number of methoxy groups -OCH3 is 1. The summed E-state index contributed by atoms with van der Waals surface area (Å²) < 4.78 is 35.6.